The Morgan fingerprint density at radius 1 is 1.25 bits per heavy atom. The molecule has 7 nitrogen and oxygen atoms in total. The van der Waals surface area contributed by atoms with Crippen molar-refractivity contribution in [3.05, 3.63) is 52.3 Å². The molecule has 126 valence electrons. The van der Waals surface area contributed by atoms with E-state index < -0.39 is 16.7 Å². The summed E-state index contributed by atoms with van der Waals surface area (Å²) in [6.45, 7) is 3.27. The largest absolute Gasteiger partial charge is 0.433 e. The number of amides is 1. The second kappa shape index (κ2) is 6.74. The lowest BCUT2D eigenvalue weighted by molar-refractivity contribution is -0.402. The molecule has 0 bridgehead atoms. The van der Waals surface area contributed by atoms with E-state index in [9.17, 15) is 14.9 Å². The summed E-state index contributed by atoms with van der Waals surface area (Å²) in [5.41, 5.74) is 1.75. The molecule has 0 radical (unpaired) electrons. The second-order valence-corrected chi connectivity index (χ2v) is 5.93. The van der Waals surface area contributed by atoms with Gasteiger partial charge in [0.2, 0.25) is 0 Å². The van der Waals surface area contributed by atoms with Gasteiger partial charge in [0.05, 0.1) is 6.07 Å². The van der Waals surface area contributed by atoms with Gasteiger partial charge in [-0.15, -0.1) is 0 Å². The number of piperidine rings is 1. The Labute approximate surface area is 139 Å². The van der Waals surface area contributed by atoms with Gasteiger partial charge in [0.1, 0.15) is 4.92 Å². The van der Waals surface area contributed by atoms with Crippen molar-refractivity contribution in [2.45, 2.75) is 32.2 Å². The summed E-state index contributed by atoms with van der Waals surface area (Å²) in [7, 11) is 0. The number of nitrogens with one attached hydrogen (secondary N) is 1. The van der Waals surface area contributed by atoms with Crippen LogP contribution in [0.3, 0.4) is 0 Å². The van der Waals surface area contributed by atoms with Crippen LogP contribution in [0.4, 0.5) is 17.3 Å². The smallest absolute Gasteiger partial charge is 0.395 e. The number of nitrogens with zero attached hydrogens (tertiary/aromatic N) is 2. The maximum atomic E-state index is 12.1. The highest BCUT2D eigenvalue weighted by Gasteiger charge is 2.19. The molecule has 1 N–H and O–H groups in total. The zero-order chi connectivity index (χ0) is 17.1. The van der Waals surface area contributed by atoms with Crippen LogP contribution in [0, 0.1) is 10.1 Å². The number of anilines is 2. The highest BCUT2D eigenvalue weighted by Crippen LogP contribution is 2.26. The van der Waals surface area contributed by atoms with Crippen molar-refractivity contribution in [2.75, 3.05) is 16.8 Å². The summed E-state index contributed by atoms with van der Waals surface area (Å²) in [5.74, 6) is -1.05. The van der Waals surface area contributed by atoms with Crippen molar-refractivity contribution in [2.24, 2.45) is 0 Å². The first kappa shape index (κ1) is 16.0. The van der Waals surface area contributed by atoms with Crippen molar-refractivity contribution in [3.8, 4) is 0 Å². The van der Waals surface area contributed by atoms with Gasteiger partial charge in [-0.05, 0) is 56.5 Å². The minimum Gasteiger partial charge on any atom is -0.395 e. The Morgan fingerprint density at radius 2 is 2.00 bits per heavy atom. The fourth-order valence-electron chi connectivity index (χ4n) is 2.96. The average Bonchev–Trinajstić information content (AvgIpc) is 3.07. The lowest BCUT2D eigenvalue weighted by atomic mass is 10.0. The lowest BCUT2D eigenvalue weighted by Crippen LogP contribution is -2.37. The summed E-state index contributed by atoms with van der Waals surface area (Å²) >= 11 is 0. The van der Waals surface area contributed by atoms with Crippen LogP contribution in [-0.2, 0) is 0 Å². The molecule has 1 unspecified atom stereocenters. The summed E-state index contributed by atoms with van der Waals surface area (Å²) in [4.78, 5) is 24.3. The molecule has 1 amide bonds. The van der Waals surface area contributed by atoms with Crippen LogP contribution in [0.2, 0.25) is 0 Å². The first-order valence-electron chi connectivity index (χ1n) is 7.97. The summed E-state index contributed by atoms with van der Waals surface area (Å²) in [5, 5.41) is 13.3. The molecule has 1 aromatic heterocycles. The average molecular weight is 329 g/mol. The van der Waals surface area contributed by atoms with E-state index in [1.54, 1.807) is 0 Å². The molecular formula is C17H19N3O4. The maximum absolute atomic E-state index is 12.1. The van der Waals surface area contributed by atoms with E-state index in [0.29, 0.717) is 11.7 Å². The Morgan fingerprint density at radius 3 is 2.62 bits per heavy atom. The lowest BCUT2D eigenvalue weighted by Gasteiger charge is -2.35. The van der Waals surface area contributed by atoms with E-state index in [-0.39, 0.29) is 5.76 Å². The van der Waals surface area contributed by atoms with Crippen molar-refractivity contribution in [1.29, 1.82) is 0 Å². The molecular weight excluding hydrogens is 310 g/mol. The molecule has 0 saturated carbocycles. The standard InChI is InChI=1S/C17H19N3O4/c1-12-4-2-3-11-19(12)14-7-5-13(6-8-14)18-17(21)15-9-10-16(24-15)20(22)23/h5-10,12H,2-4,11H2,1H3,(H,18,21). The van der Waals surface area contributed by atoms with E-state index in [4.69, 9.17) is 4.42 Å². The SMILES string of the molecule is CC1CCCCN1c1ccc(NC(=O)c2ccc([N+](=O)[O-])o2)cc1. The Hall–Kier alpha value is -2.83. The number of hydrogen-bond acceptors (Lipinski definition) is 5. The predicted octanol–water partition coefficient (Wildman–Crippen LogP) is 3.82. The normalized spacial score (nSPS) is 17.5. The number of carbonyl (C=O) groups excluding carboxylic acids is 1. The third kappa shape index (κ3) is 3.40. The second-order valence-electron chi connectivity index (χ2n) is 5.93. The molecule has 1 saturated heterocycles. The number of carbonyl (C=O) groups is 1. The van der Waals surface area contributed by atoms with E-state index in [1.807, 2.05) is 24.3 Å². The van der Waals surface area contributed by atoms with E-state index in [2.05, 4.69) is 17.1 Å². The Kier molecular flexibility index (Phi) is 4.50. The molecule has 2 heterocycles. The van der Waals surface area contributed by atoms with Crippen LogP contribution in [0.1, 0.15) is 36.7 Å². The predicted molar refractivity (Wildman–Crippen MR) is 90.4 cm³/mol. The first-order valence-corrected chi connectivity index (χ1v) is 7.97. The summed E-state index contributed by atoms with van der Waals surface area (Å²) in [6.07, 6.45) is 3.65. The van der Waals surface area contributed by atoms with Crippen LogP contribution in [0.25, 0.3) is 0 Å². The molecule has 2 aromatic rings. The Balaban J connectivity index is 1.67. The zero-order valence-corrected chi connectivity index (χ0v) is 13.4. The van der Waals surface area contributed by atoms with Gasteiger partial charge in [-0.1, -0.05) is 0 Å². The number of nitro groups is 1. The third-order valence-electron chi connectivity index (χ3n) is 4.26. The van der Waals surface area contributed by atoms with Gasteiger partial charge in [-0.25, -0.2) is 0 Å². The van der Waals surface area contributed by atoms with Crippen LogP contribution >= 0.6 is 0 Å². The molecule has 1 atom stereocenters. The van der Waals surface area contributed by atoms with Gasteiger partial charge in [-0.3, -0.25) is 14.9 Å². The van der Waals surface area contributed by atoms with Crippen LogP contribution < -0.4 is 10.2 Å². The van der Waals surface area contributed by atoms with Crippen LogP contribution in [0.15, 0.2) is 40.8 Å². The maximum Gasteiger partial charge on any atom is 0.433 e. The highest BCUT2D eigenvalue weighted by atomic mass is 16.6. The molecule has 1 aliphatic rings. The molecule has 3 rings (SSSR count). The van der Waals surface area contributed by atoms with Crippen molar-refractivity contribution >= 4 is 23.2 Å². The topological polar surface area (TPSA) is 88.6 Å². The van der Waals surface area contributed by atoms with E-state index in [1.165, 1.54) is 25.3 Å². The number of benzene rings is 1. The number of rotatable bonds is 4. The molecule has 1 aromatic carbocycles. The summed E-state index contributed by atoms with van der Waals surface area (Å²) < 4.78 is 4.89. The molecule has 1 fully saturated rings. The van der Waals surface area contributed by atoms with Crippen molar-refractivity contribution in [3.63, 3.8) is 0 Å². The van der Waals surface area contributed by atoms with Crippen LogP contribution in [-0.4, -0.2) is 23.4 Å². The first-order chi connectivity index (χ1) is 11.5. The molecule has 24 heavy (non-hydrogen) atoms. The fraction of sp³-hybridized carbons (Fsp3) is 0.353. The van der Waals surface area contributed by atoms with Gasteiger partial charge in [0, 0.05) is 24.0 Å². The molecule has 0 spiro atoms. The monoisotopic (exact) mass is 329 g/mol. The van der Waals surface area contributed by atoms with Crippen molar-refractivity contribution < 1.29 is 14.1 Å². The third-order valence-corrected chi connectivity index (χ3v) is 4.26. The van der Waals surface area contributed by atoms with Gasteiger partial charge < -0.3 is 14.6 Å². The quantitative estimate of drug-likeness (QED) is 0.680. The van der Waals surface area contributed by atoms with E-state index >= 15 is 0 Å². The molecule has 1 aliphatic heterocycles. The fourth-order valence-corrected chi connectivity index (χ4v) is 2.96. The van der Waals surface area contributed by atoms with Crippen molar-refractivity contribution in [1.82, 2.24) is 0 Å². The highest BCUT2D eigenvalue weighted by molar-refractivity contribution is 6.02. The van der Waals surface area contributed by atoms with Gasteiger partial charge >= 0.3 is 5.88 Å². The Bertz CT molecular complexity index is 739. The van der Waals surface area contributed by atoms with Gasteiger partial charge in [0.25, 0.3) is 5.91 Å². The minimum absolute atomic E-state index is 0.0876. The molecule has 0 aliphatic carbocycles. The van der Waals surface area contributed by atoms with Gasteiger partial charge in [0.15, 0.2) is 5.76 Å². The molecule has 7 heteroatoms. The number of hydrogen-bond donors (Lipinski definition) is 1. The summed E-state index contributed by atoms with van der Waals surface area (Å²) in [6, 6.07) is 10.6. The van der Waals surface area contributed by atoms with E-state index in [0.717, 1.165) is 18.3 Å². The van der Waals surface area contributed by atoms with Crippen LogP contribution in [0.5, 0.6) is 0 Å². The zero-order valence-electron chi connectivity index (χ0n) is 13.4. The van der Waals surface area contributed by atoms with Gasteiger partial charge in [-0.2, -0.15) is 0 Å². The minimum atomic E-state index is -0.675. The number of furan rings is 1.